The molecule has 0 bridgehead atoms. The normalized spacial score (nSPS) is 15.4. The van der Waals surface area contributed by atoms with Crippen molar-refractivity contribution in [2.45, 2.75) is 32.4 Å². The number of carbonyl (C=O) groups excluding carboxylic acids is 1. The van der Waals surface area contributed by atoms with E-state index in [9.17, 15) is 9.90 Å². The van der Waals surface area contributed by atoms with Crippen LogP contribution in [0, 0.1) is 0 Å². The summed E-state index contributed by atoms with van der Waals surface area (Å²) >= 11 is 0. The molecule has 1 amide bonds. The number of nitrogens with one attached hydrogen (secondary N) is 1. The number of phenols is 1. The maximum atomic E-state index is 13.5. The highest BCUT2D eigenvalue weighted by atomic mass is 16.3. The molecule has 32 heavy (non-hydrogen) atoms. The van der Waals surface area contributed by atoms with Gasteiger partial charge in [-0.2, -0.15) is 5.10 Å². The van der Waals surface area contributed by atoms with Crippen LogP contribution >= 0.6 is 0 Å². The van der Waals surface area contributed by atoms with Gasteiger partial charge < -0.3 is 10.0 Å². The molecule has 0 radical (unpaired) electrons. The first kappa shape index (κ1) is 20.0. The zero-order chi connectivity index (χ0) is 22.2. The van der Waals surface area contributed by atoms with Crippen LogP contribution in [0.5, 0.6) is 5.75 Å². The first-order chi connectivity index (χ1) is 15.5. The third-order valence-electron chi connectivity index (χ3n) is 6.04. The number of benzene rings is 2. The van der Waals surface area contributed by atoms with E-state index in [-0.39, 0.29) is 17.7 Å². The molecule has 2 aromatic heterocycles. The zero-order valence-electron chi connectivity index (χ0n) is 18.0. The van der Waals surface area contributed by atoms with E-state index in [4.69, 9.17) is 0 Å². The fraction of sp³-hybridized carbons (Fsp3) is 0.192. The Bertz CT molecular complexity index is 1260. The van der Waals surface area contributed by atoms with E-state index in [1.165, 1.54) is 5.56 Å². The van der Waals surface area contributed by atoms with Gasteiger partial charge in [0.15, 0.2) is 0 Å². The van der Waals surface area contributed by atoms with Gasteiger partial charge >= 0.3 is 0 Å². The Morgan fingerprint density at radius 3 is 2.44 bits per heavy atom. The van der Waals surface area contributed by atoms with E-state index in [0.717, 1.165) is 16.7 Å². The number of H-pyrrole nitrogens is 1. The van der Waals surface area contributed by atoms with Gasteiger partial charge in [-0.1, -0.05) is 50.2 Å². The van der Waals surface area contributed by atoms with Crippen molar-refractivity contribution < 1.29 is 9.90 Å². The summed E-state index contributed by atoms with van der Waals surface area (Å²) < 4.78 is 0. The fourth-order valence-electron chi connectivity index (χ4n) is 4.33. The summed E-state index contributed by atoms with van der Waals surface area (Å²) in [6, 6.07) is 19.0. The Hall–Kier alpha value is -3.93. The molecule has 0 aliphatic carbocycles. The molecule has 160 valence electrons. The second-order valence-corrected chi connectivity index (χ2v) is 8.39. The van der Waals surface area contributed by atoms with E-state index in [1.54, 1.807) is 24.5 Å². The van der Waals surface area contributed by atoms with Crippen LogP contribution < -0.4 is 0 Å². The summed E-state index contributed by atoms with van der Waals surface area (Å²) in [4.78, 5) is 19.4. The highest BCUT2D eigenvalue weighted by Gasteiger charge is 2.42. The molecule has 2 N–H and O–H groups in total. The Morgan fingerprint density at radius 1 is 1.03 bits per heavy atom. The largest absolute Gasteiger partial charge is 0.507 e. The van der Waals surface area contributed by atoms with Crippen molar-refractivity contribution in [2.75, 3.05) is 0 Å². The first-order valence-corrected chi connectivity index (χ1v) is 10.7. The highest BCUT2D eigenvalue weighted by Crippen LogP contribution is 2.45. The fourth-order valence-corrected chi connectivity index (χ4v) is 4.33. The van der Waals surface area contributed by atoms with Crippen molar-refractivity contribution >= 4 is 5.91 Å². The maximum absolute atomic E-state index is 13.5. The summed E-state index contributed by atoms with van der Waals surface area (Å²) in [6.07, 6.45) is 3.47. The van der Waals surface area contributed by atoms with Crippen molar-refractivity contribution in [1.29, 1.82) is 0 Å². The van der Waals surface area contributed by atoms with E-state index in [2.05, 4.69) is 53.3 Å². The Labute approximate surface area is 186 Å². The van der Waals surface area contributed by atoms with E-state index < -0.39 is 0 Å². The van der Waals surface area contributed by atoms with Crippen LogP contribution in [-0.4, -0.2) is 31.1 Å². The topological polar surface area (TPSA) is 82.1 Å². The quantitative estimate of drug-likeness (QED) is 0.470. The number of fused-ring (bicyclic) bond motifs is 1. The van der Waals surface area contributed by atoms with Gasteiger partial charge in [0.2, 0.25) is 0 Å². The lowest BCUT2D eigenvalue weighted by molar-refractivity contribution is 0.0730. The SMILES string of the molecule is CC(C)c1ccc([C@H]2c3c(-c4ccccc4O)n[nH]c3C(=O)N2Cc2ccncc2)cc1. The number of aromatic nitrogens is 3. The number of pyridine rings is 1. The summed E-state index contributed by atoms with van der Waals surface area (Å²) in [5.41, 5.74) is 5.71. The third kappa shape index (κ3) is 3.34. The third-order valence-corrected chi connectivity index (χ3v) is 6.04. The number of aromatic hydroxyl groups is 1. The van der Waals surface area contributed by atoms with Gasteiger partial charge in [-0.25, -0.2) is 0 Å². The lowest BCUT2D eigenvalue weighted by Gasteiger charge is -2.27. The van der Waals surface area contributed by atoms with Crippen LogP contribution in [0.3, 0.4) is 0 Å². The lowest BCUT2D eigenvalue weighted by atomic mass is 9.93. The second kappa shape index (κ2) is 7.96. The van der Waals surface area contributed by atoms with Gasteiger partial charge in [0.1, 0.15) is 17.1 Å². The van der Waals surface area contributed by atoms with Gasteiger partial charge in [-0.3, -0.25) is 14.9 Å². The van der Waals surface area contributed by atoms with Crippen LogP contribution in [-0.2, 0) is 6.54 Å². The standard InChI is InChI=1S/C26H24N4O2/c1-16(2)18-7-9-19(10-8-18)25-22-23(20-5-3-4-6-21(20)31)28-29-24(22)26(32)30(25)15-17-11-13-27-14-12-17/h3-14,16,25,31H,15H2,1-2H3,(H,28,29)/t25-/m0/s1. The summed E-state index contributed by atoms with van der Waals surface area (Å²) in [5.74, 6) is 0.447. The Morgan fingerprint density at radius 2 is 1.75 bits per heavy atom. The number of hydrogen-bond acceptors (Lipinski definition) is 4. The van der Waals surface area contributed by atoms with Crippen molar-refractivity contribution in [2.24, 2.45) is 0 Å². The first-order valence-electron chi connectivity index (χ1n) is 10.7. The minimum atomic E-state index is -0.319. The summed E-state index contributed by atoms with van der Waals surface area (Å²) in [7, 11) is 0. The van der Waals surface area contributed by atoms with Gasteiger partial charge in [0.05, 0.1) is 6.04 Å². The number of phenolic OH excluding ortho intramolecular Hbond substituents is 1. The molecule has 3 heterocycles. The number of aromatic amines is 1. The van der Waals surface area contributed by atoms with Crippen LogP contribution in [0.25, 0.3) is 11.3 Å². The molecule has 6 heteroatoms. The maximum Gasteiger partial charge on any atom is 0.273 e. The lowest BCUT2D eigenvalue weighted by Crippen LogP contribution is -2.29. The highest BCUT2D eigenvalue weighted by molar-refractivity contribution is 6.00. The molecule has 1 atom stereocenters. The molecule has 2 aromatic carbocycles. The minimum Gasteiger partial charge on any atom is -0.507 e. The second-order valence-electron chi connectivity index (χ2n) is 8.39. The predicted molar refractivity (Wildman–Crippen MR) is 122 cm³/mol. The number of nitrogens with zero attached hydrogens (tertiary/aromatic N) is 3. The van der Waals surface area contributed by atoms with Crippen LogP contribution in [0.1, 0.15) is 58.5 Å². The van der Waals surface area contributed by atoms with Gasteiger partial charge in [0, 0.05) is 30.1 Å². The van der Waals surface area contributed by atoms with Crippen LogP contribution in [0.15, 0.2) is 73.1 Å². The molecule has 6 nitrogen and oxygen atoms in total. The average Bonchev–Trinajstić information content (AvgIpc) is 3.34. The minimum absolute atomic E-state index is 0.107. The average molecular weight is 425 g/mol. The van der Waals surface area contributed by atoms with E-state index in [1.807, 2.05) is 29.2 Å². The number of rotatable bonds is 5. The van der Waals surface area contributed by atoms with E-state index >= 15 is 0 Å². The molecule has 1 aliphatic rings. The van der Waals surface area contributed by atoms with Gasteiger partial charge in [-0.15, -0.1) is 0 Å². The van der Waals surface area contributed by atoms with Gasteiger partial charge in [0.25, 0.3) is 5.91 Å². The van der Waals surface area contributed by atoms with Crippen molar-refractivity contribution in [3.05, 3.63) is 101 Å². The van der Waals surface area contributed by atoms with E-state index in [0.29, 0.717) is 29.4 Å². The molecular formula is C26H24N4O2. The smallest absolute Gasteiger partial charge is 0.273 e. The molecule has 0 saturated heterocycles. The number of amides is 1. The monoisotopic (exact) mass is 424 g/mol. The Balaban J connectivity index is 1.65. The summed E-state index contributed by atoms with van der Waals surface area (Å²) in [6.45, 7) is 4.77. The number of hydrogen-bond donors (Lipinski definition) is 2. The molecule has 1 aliphatic heterocycles. The molecule has 0 saturated carbocycles. The molecule has 4 aromatic rings. The van der Waals surface area contributed by atoms with Crippen molar-refractivity contribution in [3.63, 3.8) is 0 Å². The van der Waals surface area contributed by atoms with Crippen LogP contribution in [0.4, 0.5) is 0 Å². The van der Waals surface area contributed by atoms with Crippen molar-refractivity contribution in [1.82, 2.24) is 20.1 Å². The number of carbonyl (C=O) groups is 1. The number of para-hydroxylation sites is 1. The zero-order valence-corrected chi connectivity index (χ0v) is 18.0. The van der Waals surface area contributed by atoms with Crippen LogP contribution in [0.2, 0.25) is 0 Å². The molecule has 0 fully saturated rings. The molecule has 0 unspecified atom stereocenters. The molecule has 5 rings (SSSR count). The summed E-state index contributed by atoms with van der Waals surface area (Å²) in [5, 5.41) is 17.9. The Kier molecular flexibility index (Phi) is 4.98. The predicted octanol–water partition coefficient (Wildman–Crippen LogP) is 5.05. The molecule has 0 spiro atoms. The van der Waals surface area contributed by atoms with Crippen molar-refractivity contribution in [3.8, 4) is 17.0 Å². The molecular weight excluding hydrogens is 400 g/mol. The van der Waals surface area contributed by atoms with Gasteiger partial charge in [-0.05, 0) is 46.9 Å².